The van der Waals surface area contributed by atoms with Crippen molar-refractivity contribution in [1.29, 1.82) is 0 Å². The fourth-order valence-corrected chi connectivity index (χ4v) is 4.89. The molecule has 0 aliphatic heterocycles. The molecular weight excluding hydrogens is 272 g/mol. The van der Waals surface area contributed by atoms with Crippen LogP contribution >= 0.6 is 0 Å². The molecule has 0 aromatic heterocycles. The van der Waals surface area contributed by atoms with Crippen LogP contribution in [0.4, 0.5) is 0 Å². The van der Waals surface area contributed by atoms with Crippen molar-refractivity contribution in [3.63, 3.8) is 0 Å². The van der Waals surface area contributed by atoms with Gasteiger partial charge in [-0.3, -0.25) is 9.80 Å². The van der Waals surface area contributed by atoms with Gasteiger partial charge in [-0.05, 0) is 37.8 Å². The maximum Gasteiger partial charge on any atom is 0.0595 e. The highest BCUT2D eigenvalue weighted by atomic mass is 28.2. The summed E-state index contributed by atoms with van der Waals surface area (Å²) in [6, 6.07) is 10.3. The van der Waals surface area contributed by atoms with Crippen LogP contribution in [0.2, 0.25) is 6.04 Å². The summed E-state index contributed by atoms with van der Waals surface area (Å²) in [5, 5.41) is 1.56. The molecule has 0 amide bonds. The zero-order valence-electron chi connectivity index (χ0n) is 14.3. The molecule has 21 heavy (non-hydrogen) atoms. The van der Waals surface area contributed by atoms with Gasteiger partial charge in [-0.25, -0.2) is 0 Å². The summed E-state index contributed by atoms with van der Waals surface area (Å²) in [4.78, 5) is 5.22. The Morgan fingerprint density at radius 1 is 0.952 bits per heavy atom. The normalized spacial score (nSPS) is 12.1. The number of hydrogen-bond acceptors (Lipinski definition) is 2. The fraction of sp³-hybridized carbons (Fsp3) is 0.556. The van der Waals surface area contributed by atoms with Crippen LogP contribution in [0.15, 0.2) is 30.8 Å². The van der Waals surface area contributed by atoms with Gasteiger partial charge in [-0.15, -0.1) is 0 Å². The predicted molar refractivity (Wildman–Crippen MR) is 99.1 cm³/mol. The van der Waals surface area contributed by atoms with E-state index in [2.05, 4.69) is 68.3 Å². The van der Waals surface area contributed by atoms with Gasteiger partial charge in [-0.2, -0.15) is 0 Å². The molecule has 0 saturated heterocycles. The van der Waals surface area contributed by atoms with E-state index in [1.54, 1.807) is 5.19 Å². The van der Waals surface area contributed by atoms with Crippen molar-refractivity contribution in [3.05, 3.63) is 36.4 Å². The smallest absolute Gasteiger partial charge is 0.0595 e. The van der Waals surface area contributed by atoms with Crippen molar-refractivity contribution in [2.24, 2.45) is 0 Å². The van der Waals surface area contributed by atoms with E-state index in [0.29, 0.717) is 6.17 Å². The van der Waals surface area contributed by atoms with Crippen LogP contribution in [0.25, 0.3) is 6.08 Å². The molecule has 1 aromatic rings. The third-order valence-corrected chi connectivity index (χ3v) is 6.23. The summed E-state index contributed by atoms with van der Waals surface area (Å²) < 4.78 is 0. The molecule has 0 atom stereocenters. The average Bonchev–Trinajstić information content (AvgIpc) is 2.54. The highest BCUT2D eigenvalue weighted by Gasteiger charge is 2.20. The Morgan fingerprint density at radius 2 is 1.43 bits per heavy atom. The van der Waals surface area contributed by atoms with Gasteiger partial charge in [0.1, 0.15) is 0 Å². The summed E-state index contributed by atoms with van der Waals surface area (Å²) in [7, 11) is -0.223. The second kappa shape index (κ2) is 9.93. The molecule has 0 unspecified atom stereocenters. The third kappa shape index (κ3) is 5.42. The molecule has 0 fully saturated rings. The van der Waals surface area contributed by atoms with E-state index in [1.165, 1.54) is 11.6 Å². The van der Waals surface area contributed by atoms with E-state index < -0.39 is 0 Å². The van der Waals surface area contributed by atoms with Crippen LogP contribution in [-0.2, 0) is 0 Å². The Labute approximate surface area is 133 Å². The quantitative estimate of drug-likeness (QED) is 0.484. The Balaban J connectivity index is 2.72. The molecule has 0 bridgehead atoms. The van der Waals surface area contributed by atoms with E-state index in [-0.39, 0.29) is 9.52 Å². The minimum atomic E-state index is -0.223. The van der Waals surface area contributed by atoms with Crippen molar-refractivity contribution in [2.75, 3.05) is 26.2 Å². The van der Waals surface area contributed by atoms with E-state index in [9.17, 15) is 0 Å². The lowest BCUT2D eigenvalue weighted by atomic mass is 10.2. The van der Waals surface area contributed by atoms with Gasteiger partial charge in [0.2, 0.25) is 0 Å². The fourth-order valence-electron chi connectivity index (χ4n) is 3.00. The van der Waals surface area contributed by atoms with Crippen molar-refractivity contribution in [2.45, 2.75) is 39.9 Å². The molecule has 1 aromatic carbocycles. The molecule has 0 spiro atoms. The van der Waals surface area contributed by atoms with Crippen LogP contribution in [-0.4, -0.2) is 51.7 Å². The van der Waals surface area contributed by atoms with Crippen molar-refractivity contribution >= 4 is 20.8 Å². The zero-order valence-corrected chi connectivity index (χ0v) is 15.7. The first-order chi connectivity index (χ1) is 10.2. The number of hydrogen-bond donors (Lipinski definition) is 0. The lowest BCUT2D eigenvalue weighted by molar-refractivity contribution is 0.0713. The number of benzene rings is 1. The van der Waals surface area contributed by atoms with Gasteiger partial charge >= 0.3 is 0 Å². The Hall–Kier alpha value is -0.903. The monoisotopic (exact) mass is 304 g/mol. The van der Waals surface area contributed by atoms with Gasteiger partial charge < -0.3 is 0 Å². The molecule has 0 aliphatic carbocycles. The maximum atomic E-state index is 3.82. The molecule has 3 heteroatoms. The lowest BCUT2D eigenvalue weighted by Crippen LogP contribution is -2.49. The highest BCUT2D eigenvalue weighted by molar-refractivity contribution is 6.53. The predicted octanol–water partition coefficient (Wildman–Crippen LogP) is 2.55. The lowest BCUT2D eigenvalue weighted by Gasteiger charge is -2.38. The first-order valence-electron chi connectivity index (χ1n) is 8.39. The molecule has 0 N–H and O–H groups in total. The summed E-state index contributed by atoms with van der Waals surface area (Å²) in [6.45, 7) is 17.5. The number of nitrogens with zero attached hydrogens (tertiary/aromatic N) is 2. The molecule has 0 radical (unpaired) electrons. The van der Waals surface area contributed by atoms with Gasteiger partial charge in [0, 0.05) is 0 Å². The van der Waals surface area contributed by atoms with Gasteiger partial charge in [0.25, 0.3) is 0 Å². The van der Waals surface area contributed by atoms with E-state index >= 15 is 0 Å². The van der Waals surface area contributed by atoms with Crippen LogP contribution < -0.4 is 5.19 Å². The van der Waals surface area contributed by atoms with Crippen molar-refractivity contribution < 1.29 is 0 Å². The second-order valence-electron chi connectivity index (χ2n) is 5.41. The van der Waals surface area contributed by atoms with Crippen LogP contribution in [0, 0.1) is 0 Å². The van der Waals surface area contributed by atoms with Gasteiger partial charge in [0.15, 0.2) is 0 Å². The third-order valence-electron chi connectivity index (χ3n) is 4.37. The molecule has 0 aliphatic rings. The van der Waals surface area contributed by atoms with E-state index in [4.69, 9.17) is 0 Å². The second-order valence-corrected chi connectivity index (χ2v) is 7.30. The number of rotatable bonds is 10. The average molecular weight is 305 g/mol. The Kier molecular flexibility index (Phi) is 8.58. The first-order valence-corrected chi connectivity index (χ1v) is 10.1. The molecule has 0 saturated carbocycles. The first kappa shape index (κ1) is 18.1. The molecular formula is C18H32N2Si. The van der Waals surface area contributed by atoms with Crippen molar-refractivity contribution in [1.82, 2.24) is 9.80 Å². The maximum absolute atomic E-state index is 3.82. The van der Waals surface area contributed by atoms with Crippen molar-refractivity contribution in [3.8, 4) is 0 Å². The molecule has 118 valence electrons. The van der Waals surface area contributed by atoms with Crippen LogP contribution in [0.3, 0.4) is 0 Å². The highest BCUT2D eigenvalue weighted by Crippen LogP contribution is 2.11. The topological polar surface area (TPSA) is 6.48 Å². The summed E-state index contributed by atoms with van der Waals surface area (Å²) in [5.74, 6) is 0. The standard InChI is InChI=1S/C18H32N2Si/c1-6-16-11-13-17(14-12-16)21-15-18(19(7-2)8-3)20(9-4)10-5/h6,11-14,18H,1,7-10,15,21H2,2-5H3. The van der Waals surface area contributed by atoms with E-state index in [0.717, 1.165) is 26.2 Å². The summed E-state index contributed by atoms with van der Waals surface area (Å²) in [5.41, 5.74) is 1.22. The minimum absolute atomic E-state index is 0.223. The zero-order chi connectivity index (χ0) is 15.7. The van der Waals surface area contributed by atoms with E-state index in [1.807, 2.05) is 6.08 Å². The SMILES string of the molecule is C=Cc1ccc([SiH2]CC(N(CC)CC)N(CC)CC)cc1. The molecule has 2 nitrogen and oxygen atoms in total. The summed E-state index contributed by atoms with van der Waals surface area (Å²) in [6.07, 6.45) is 2.53. The Bertz CT molecular complexity index is 382. The Morgan fingerprint density at radius 3 is 1.81 bits per heavy atom. The summed E-state index contributed by atoms with van der Waals surface area (Å²) >= 11 is 0. The van der Waals surface area contributed by atoms with Crippen LogP contribution in [0.5, 0.6) is 0 Å². The van der Waals surface area contributed by atoms with Gasteiger partial charge in [0.05, 0.1) is 15.7 Å². The molecule has 1 rings (SSSR count). The minimum Gasteiger partial charge on any atom is -0.289 e. The molecule has 0 heterocycles. The van der Waals surface area contributed by atoms with Crippen LogP contribution in [0.1, 0.15) is 33.3 Å². The largest absolute Gasteiger partial charge is 0.289 e. The van der Waals surface area contributed by atoms with Gasteiger partial charge in [-0.1, -0.05) is 69.8 Å².